The van der Waals surface area contributed by atoms with Gasteiger partial charge in [0.1, 0.15) is 0 Å². The third kappa shape index (κ3) is 4.84. The number of nitrogens with one attached hydrogen (secondary N) is 1. The third-order valence-corrected chi connectivity index (χ3v) is 4.05. The standard InChI is InChI=1S/C17H25N3O2/c18-10-4-9-16(21)20-11-5-6-14(13-20)12-19-17(22)15-7-2-1-3-8-15/h1-3,7-8,14H,4-6,9-13,18H2,(H,19,22). The van der Waals surface area contributed by atoms with E-state index in [0.717, 1.165) is 32.4 Å². The van der Waals surface area contributed by atoms with Crippen LogP contribution in [0.4, 0.5) is 0 Å². The Bertz CT molecular complexity index is 490. The number of likely N-dealkylation sites (tertiary alicyclic amines) is 1. The summed E-state index contributed by atoms with van der Waals surface area (Å²) in [5, 5.41) is 2.97. The Morgan fingerprint density at radius 1 is 1.27 bits per heavy atom. The van der Waals surface area contributed by atoms with E-state index in [2.05, 4.69) is 5.32 Å². The number of amides is 2. The second-order valence-corrected chi connectivity index (χ2v) is 5.82. The van der Waals surface area contributed by atoms with Crippen LogP contribution < -0.4 is 11.1 Å². The number of nitrogens with two attached hydrogens (primary N) is 1. The summed E-state index contributed by atoms with van der Waals surface area (Å²) in [6.07, 6.45) is 3.32. The second kappa shape index (κ2) is 8.54. The molecular weight excluding hydrogens is 278 g/mol. The van der Waals surface area contributed by atoms with Crippen LogP contribution in [0.25, 0.3) is 0 Å². The monoisotopic (exact) mass is 303 g/mol. The SMILES string of the molecule is NCCCC(=O)N1CCCC(CNC(=O)c2ccccc2)C1. The van der Waals surface area contributed by atoms with Crippen molar-refractivity contribution in [2.75, 3.05) is 26.2 Å². The molecule has 1 unspecified atom stereocenters. The molecule has 1 fully saturated rings. The summed E-state index contributed by atoms with van der Waals surface area (Å²) in [7, 11) is 0. The van der Waals surface area contributed by atoms with Gasteiger partial charge in [-0.1, -0.05) is 18.2 Å². The van der Waals surface area contributed by atoms with Crippen LogP contribution in [0.1, 0.15) is 36.0 Å². The Hall–Kier alpha value is -1.88. The van der Waals surface area contributed by atoms with Gasteiger partial charge in [0, 0.05) is 31.6 Å². The fraction of sp³-hybridized carbons (Fsp3) is 0.529. The zero-order chi connectivity index (χ0) is 15.8. The molecule has 5 heteroatoms. The molecule has 2 rings (SSSR count). The number of hydrogen-bond donors (Lipinski definition) is 2. The molecule has 1 aliphatic heterocycles. The first-order valence-electron chi connectivity index (χ1n) is 8.02. The van der Waals surface area contributed by atoms with Crippen LogP contribution in [0.5, 0.6) is 0 Å². The molecule has 22 heavy (non-hydrogen) atoms. The van der Waals surface area contributed by atoms with Gasteiger partial charge in [-0.25, -0.2) is 0 Å². The number of carbonyl (C=O) groups excluding carboxylic acids is 2. The van der Waals surface area contributed by atoms with Crippen LogP contribution in [0, 0.1) is 5.92 Å². The van der Waals surface area contributed by atoms with E-state index >= 15 is 0 Å². The fourth-order valence-corrected chi connectivity index (χ4v) is 2.80. The molecule has 0 aliphatic carbocycles. The van der Waals surface area contributed by atoms with Crippen molar-refractivity contribution in [1.82, 2.24) is 10.2 Å². The van der Waals surface area contributed by atoms with E-state index < -0.39 is 0 Å². The summed E-state index contributed by atoms with van der Waals surface area (Å²) in [6, 6.07) is 9.21. The van der Waals surface area contributed by atoms with Crippen molar-refractivity contribution in [3.8, 4) is 0 Å². The minimum absolute atomic E-state index is 0.0489. The van der Waals surface area contributed by atoms with Crippen molar-refractivity contribution in [3.05, 3.63) is 35.9 Å². The van der Waals surface area contributed by atoms with Crippen molar-refractivity contribution in [3.63, 3.8) is 0 Å². The summed E-state index contributed by atoms with van der Waals surface area (Å²) >= 11 is 0. The minimum atomic E-state index is -0.0489. The van der Waals surface area contributed by atoms with E-state index in [4.69, 9.17) is 5.73 Å². The van der Waals surface area contributed by atoms with Crippen molar-refractivity contribution in [1.29, 1.82) is 0 Å². The molecule has 0 saturated carbocycles. The number of nitrogens with zero attached hydrogens (tertiary/aromatic N) is 1. The molecule has 1 aromatic rings. The molecule has 1 saturated heterocycles. The molecular formula is C17H25N3O2. The molecule has 0 spiro atoms. The molecule has 1 aromatic carbocycles. The molecule has 3 N–H and O–H groups in total. The first-order valence-corrected chi connectivity index (χ1v) is 8.02. The number of benzene rings is 1. The van der Waals surface area contributed by atoms with Gasteiger partial charge in [0.2, 0.25) is 5.91 Å². The maximum Gasteiger partial charge on any atom is 0.251 e. The van der Waals surface area contributed by atoms with Crippen LogP contribution in [0.15, 0.2) is 30.3 Å². The summed E-state index contributed by atoms with van der Waals surface area (Å²) in [5.74, 6) is 0.472. The highest BCUT2D eigenvalue weighted by atomic mass is 16.2. The van der Waals surface area contributed by atoms with Gasteiger partial charge in [0.15, 0.2) is 0 Å². The number of piperidine rings is 1. The van der Waals surface area contributed by atoms with Gasteiger partial charge in [-0.15, -0.1) is 0 Å². The Balaban J connectivity index is 1.78. The summed E-state index contributed by atoms with van der Waals surface area (Å²) < 4.78 is 0. The van der Waals surface area contributed by atoms with Crippen LogP contribution in [-0.2, 0) is 4.79 Å². The minimum Gasteiger partial charge on any atom is -0.352 e. The van der Waals surface area contributed by atoms with E-state index in [9.17, 15) is 9.59 Å². The normalized spacial score (nSPS) is 18.0. The molecule has 0 radical (unpaired) electrons. The maximum absolute atomic E-state index is 12.0. The van der Waals surface area contributed by atoms with Crippen LogP contribution in [-0.4, -0.2) is 42.9 Å². The highest BCUT2D eigenvalue weighted by Gasteiger charge is 2.23. The van der Waals surface area contributed by atoms with E-state index in [1.54, 1.807) is 12.1 Å². The number of hydrogen-bond acceptors (Lipinski definition) is 3. The lowest BCUT2D eigenvalue weighted by Crippen LogP contribution is -2.43. The van der Waals surface area contributed by atoms with Gasteiger partial charge >= 0.3 is 0 Å². The molecule has 1 heterocycles. The van der Waals surface area contributed by atoms with Gasteiger partial charge in [-0.05, 0) is 43.9 Å². The first kappa shape index (κ1) is 16.5. The van der Waals surface area contributed by atoms with Crippen LogP contribution in [0.3, 0.4) is 0 Å². The Morgan fingerprint density at radius 3 is 2.77 bits per heavy atom. The van der Waals surface area contributed by atoms with Gasteiger partial charge in [0.05, 0.1) is 0 Å². The van der Waals surface area contributed by atoms with Crippen molar-refractivity contribution >= 4 is 11.8 Å². The van der Waals surface area contributed by atoms with Gasteiger partial charge in [0.25, 0.3) is 5.91 Å². The average molecular weight is 303 g/mol. The fourth-order valence-electron chi connectivity index (χ4n) is 2.80. The zero-order valence-electron chi connectivity index (χ0n) is 13.0. The summed E-state index contributed by atoms with van der Waals surface area (Å²) in [6.45, 7) is 2.73. The first-order chi connectivity index (χ1) is 10.7. The Kier molecular flexibility index (Phi) is 6.40. The molecule has 120 valence electrons. The van der Waals surface area contributed by atoms with Crippen molar-refractivity contribution in [2.45, 2.75) is 25.7 Å². The molecule has 1 aliphatic rings. The highest BCUT2D eigenvalue weighted by Crippen LogP contribution is 2.17. The van der Waals surface area contributed by atoms with Crippen molar-refractivity contribution in [2.24, 2.45) is 11.7 Å². The molecule has 1 atom stereocenters. The second-order valence-electron chi connectivity index (χ2n) is 5.82. The number of rotatable bonds is 6. The molecule has 0 aromatic heterocycles. The summed E-state index contributed by atoms with van der Waals surface area (Å²) in [4.78, 5) is 26.0. The third-order valence-electron chi connectivity index (χ3n) is 4.05. The van der Waals surface area contributed by atoms with Crippen molar-refractivity contribution < 1.29 is 9.59 Å². The average Bonchev–Trinajstić information content (AvgIpc) is 2.58. The van der Waals surface area contributed by atoms with Gasteiger partial charge < -0.3 is 16.0 Å². The van der Waals surface area contributed by atoms with Crippen LogP contribution >= 0.6 is 0 Å². The van der Waals surface area contributed by atoms with Gasteiger partial charge in [-0.3, -0.25) is 9.59 Å². The largest absolute Gasteiger partial charge is 0.352 e. The highest BCUT2D eigenvalue weighted by molar-refractivity contribution is 5.94. The lowest BCUT2D eigenvalue weighted by Gasteiger charge is -2.33. The predicted molar refractivity (Wildman–Crippen MR) is 86.4 cm³/mol. The lowest BCUT2D eigenvalue weighted by molar-refractivity contribution is -0.133. The van der Waals surface area contributed by atoms with E-state index in [1.807, 2.05) is 23.1 Å². The quantitative estimate of drug-likeness (QED) is 0.834. The maximum atomic E-state index is 12.0. The molecule has 5 nitrogen and oxygen atoms in total. The van der Waals surface area contributed by atoms with E-state index in [-0.39, 0.29) is 11.8 Å². The predicted octanol–water partition coefficient (Wildman–Crippen LogP) is 1.39. The topological polar surface area (TPSA) is 75.4 Å². The zero-order valence-corrected chi connectivity index (χ0v) is 13.0. The number of carbonyl (C=O) groups is 2. The van der Waals surface area contributed by atoms with Gasteiger partial charge in [-0.2, -0.15) is 0 Å². The van der Waals surface area contributed by atoms with E-state index in [0.29, 0.717) is 31.0 Å². The Labute approximate surface area is 131 Å². The smallest absolute Gasteiger partial charge is 0.251 e. The van der Waals surface area contributed by atoms with E-state index in [1.165, 1.54) is 0 Å². The van der Waals surface area contributed by atoms with Crippen LogP contribution in [0.2, 0.25) is 0 Å². The Morgan fingerprint density at radius 2 is 2.05 bits per heavy atom. The molecule has 0 bridgehead atoms. The summed E-state index contributed by atoms with van der Waals surface area (Å²) in [5.41, 5.74) is 6.13. The lowest BCUT2D eigenvalue weighted by atomic mass is 9.97. The molecule has 2 amide bonds.